The number of aromatic nitrogens is 1. The van der Waals surface area contributed by atoms with E-state index in [4.69, 9.17) is 5.11 Å². The predicted octanol–water partition coefficient (Wildman–Crippen LogP) is -0.538. The second kappa shape index (κ2) is 8.08. The van der Waals surface area contributed by atoms with Crippen LogP contribution in [0.1, 0.15) is 23.5 Å². The minimum Gasteiger partial charge on any atom is -0.480 e. The van der Waals surface area contributed by atoms with E-state index in [-0.39, 0.29) is 6.54 Å². The summed E-state index contributed by atoms with van der Waals surface area (Å²) < 4.78 is 0. The van der Waals surface area contributed by atoms with Gasteiger partial charge in [0.15, 0.2) is 11.4 Å². The molecule has 0 saturated heterocycles. The molecule has 9 nitrogen and oxygen atoms in total. The normalized spacial score (nSPS) is 12.8. The number of nitrogens with one attached hydrogen (secondary N) is 3. The molecule has 0 aliphatic carbocycles. The van der Waals surface area contributed by atoms with Crippen LogP contribution in [0, 0.1) is 0 Å². The second-order valence-electron chi connectivity index (χ2n) is 4.40. The van der Waals surface area contributed by atoms with Crippen molar-refractivity contribution in [2.75, 3.05) is 11.9 Å². The number of hydrogen-bond donors (Lipinski definition) is 4. The molecule has 0 saturated carbocycles. The summed E-state index contributed by atoms with van der Waals surface area (Å²) in [6.07, 6.45) is 2.03. The SMILES string of the molecule is C[C@H](NC(=O)[C@H](C)NC(=O)CNc1ncc(C=O)s1)C(=O)O. The van der Waals surface area contributed by atoms with Crippen LogP contribution < -0.4 is 16.0 Å². The summed E-state index contributed by atoms with van der Waals surface area (Å²) in [5, 5.41) is 16.5. The highest BCUT2D eigenvalue weighted by Crippen LogP contribution is 2.15. The minimum absolute atomic E-state index is 0.127. The smallest absolute Gasteiger partial charge is 0.325 e. The average molecular weight is 328 g/mol. The lowest BCUT2D eigenvalue weighted by atomic mass is 10.2. The molecular weight excluding hydrogens is 312 g/mol. The zero-order valence-electron chi connectivity index (χ0n) is 12.0. The van der Waals surface area contributed by atoms with Gasteiger partial charge >= 0.3 is 5.97 Å². The van der Waals surface area contributed by atoms with Gasteiger partial charge in [0.1, 0.15) is 12.1 Å². The molecule has 0 unspecified atom stereocenters. The van der Waals surface area contributed by atoms with Crippen molar-refractivity contribution in [2.45, 2.75) is 25.9 Å². The summed E-state index contributed by atoms with van der Waals surface area (Å²) in [5.41, 5.74) is 0. The van der Waals surface area contributed by atoms with Crippen LogP contribution in [-0.4, -0.2) is 52.8 Å². The molecule has 2 atom stereocenters. The van der Waals surface area contributed by atoms with E-state index in [9.17, 15) is 19.2 Å². The lowest BCUT2D eigenvalue weighted by molar-refractivity contribution is -0.141. The molecular formula is C12H16N4O5S. The van der Waals surface area contributed by atoms with E-state index in [1.807, 2.05) is 0 Å². The molecule has 10 heteroatoms. The third kappa shape index (κ3) is 5.48. The predicted molar refractivity (Wildman–Crippen MR) is 78.8 cm³/mol. The number of anilines is 1. The largest absolute Gasteiger partial charge is 0.480 e. The number of aliphatic carboxylic acids is 1. The minimum atomic E-state index is -1.16. The first-order chi connectivity index (χ1) is 10.3. The highest BCUT2D eigenvalue weighted by Gasteiger charge is 2.20. The fourth-order valence-electron chi connectivity index (χ4n) is 1.34. The summed E-state index contributed by atoms with van der Waals surface area (Å²) in [4.78, 5) is 48.7. The Kier molecular flexibility index (Phi) is 6.45. The Morgan fingerprint density at radius 3 is 2.55 bits per heavy atom. The average Bonchev–Trinajstić information content (AvgIpc) is 2.92. The number of thiazole rings is 1. The lowest BCUT2D eigenvalue weighted by Crippen LogP contribution is -2.50. The van der Waals surface area contributed by atoms with Crippen molar-refractivity contribution in [2.24, 2.45) is 0 Å². The molecule has 120 valence electrons. The van der Waals surface area contributed by atoms with E-state index >= 15 is 0 Å². The number of nitrogens with zero attached hydrogens (tertiary/aromatic N) is 1. The van der Waals surface area contributed by atoms with Gasteiger partial charge in [-0.05, 0) is 13.8 Å². The Balaban J connectivity index is 2.38. The number of amides is 2. The molecule has 0 fully saturated rings. The van der Waals surface area contributed by atoms with Gasteiger partial charge in [-0.2, -0.15) is 0 Å². The maximum atomic E-state index is 11.7. The molecule has 1 heterocycles. The Labute approximate surface area is 130 Å². The van der Waals surface area contributed by atoms with Crippen LogP contribution in [0.2, 0.25) is 0 Å². The number of carboxylic acids is 1. The van der Waals surface area contributed by atoms with Crippen LogP contribution in [0.5, 0.6) is 0 Å². The van der Waals surface area contributed by atoms with E-state index in [1.165, 1.54) is 20.0 Å². The van der Waals surface area contributed by atoms with E-state index in [0.29, 0.717) is 16.3 Å². The molecule has 22 heavy (non-hydrogen) atoms. The summed E-state index contributed by atoms with van der Waals surface area (Å²) in [6.45, 7) is 2.64. The Morgan fingerprint density at radius 2 is 2.00 bits per heavy atom. The molecule has 0 spiro atoms. The Hall–Kier alpha value is -2.49. The summed E-state index contributed by atoms with van der Waals surface area (Å²) >= 11 is 1.10. The molecule has 1 rings (SSSR count). The van der Waals surface area contributed by atoms with Gasteiger partial charge in [0, 0.05) is 0 Å². The zero-order valence-corrected chi connectivity index (χ0v) is 12.8. The van der Waals surface area contributed by atoms with Crippen molar-refractivity contribution >= 4 is 40.5 Å². The second-order valence-corrected chi connectivity index (χ2v) is 5.46. The van der Waals surface area contributed by atoms with Gasteiger partial charge in [0.25, 0.3) is 0 Å². The Bertz CT molecular complexity index is 574. The number of carboxylic acid groups (broad SMARTS) is 1. The number of carbonyl (C=O) groups excluding carboxylic acids is 3. The van der Waals surface area contributed by atoms with E-state index < -0.39 is 29.9 Å². The highest BCUT2D eigenvalue weighted by atomic mass is 32.1. The van der Waals surface area contributed by atoms with Gasteiger partial charge in [-0.1, -0.05) is 11.3 Å². The van der Waals surface area contributed by atoms with Gasteiger partial charge in [-0.3, -0.25) is 19.2 Å². The van der Waals surface area contributed by atoms with Crippen LogP contribution in [0.15, 0.2) is 6.20 Å². The standard InChI is InChI=1S/C12H16N4O5S/c1-6(10(19)16-7(2)11(20)21)15-9(18)4-14-12-13-3-8(5-17)22-12/h3,5-7H,4H2,1-2H3,(H,13,14)(H,15,18)(H,16,19)(H,20,21)/t6-,7-/m0/s1. The maximum absolute atomic E-state index is 11.7. The quantitative estimate of drug-likeness (QED) is 0.470. The van der Waals surface area contributed by atoms with Crippen molar-refractivity contribution in [1.82, 2.24) is 15.6 Å². The van der Waals surface area contributed by atoms with Gasteiger partial charge in [0.2, 0.25) is 11.8 Å². The summed E-state index contributed by atoms with van der Waals surface area (Å²) in [7, 11) is 0. The Morgan fingerprint density at radius 1 is 1.32 bits per heavy atom. The molecule has 0 bridgehead atoms. The monoisotopic (exact) mass is 328 g/mol. The molecule has 0 aromatic carbocycles. The fourth-order valence-corrected chi connectivity index (χ4v) is 1.96. The lowest BCUT2D eigenvalue weighted by Gasteiger charge is -2.16. The van der Waals surface area contributed by atoms with Crippen molar-refractivity contribution in [3.63, 3.8) is 0 Å². The first-order valence-electron chi connectivity index (χ1n) is 6.31. The highest BCUT2D eigenvalue weighted by molar-refractivity contribution is 7.17. The first-order valence-corrected chi connectivity index (χ1v) is 7.12. The van der Waals surface area contributed by atoms with Crippen LogP contribution >= 0.6 is 11.3 Å². The fraction of sp³-hybridized carbons (Fsp3) is 0.417. The van der Waals surface area contributed by atoms with E-state index in [0.717, 1.165) is 11.3 Å². The number of rotatable bonds is 8. The first kappa shape index (κ1) is 17.6. The van der Waals surface area contributed by atoms with Crippen molar-refractivity contribution in [1.29, 1.82) is 0 Å². The third-order valence-corrected chi connectivity index (χ3v) is 3.42. The van der Waals surface area contributed by atoms with Gasteiger partial charge in [0.05, 0.1) is 17.6 Å². The van der Waals surface area contributed by atoms with Gasteiger partial charge < -0.3 is 21.1 Å². The third-order valence-electron chi connectivity index (χ3n) is 2.54. The van der Waals surface area contributed by atoms with Crippen molar-refractivity contribution in [3.8, 4) is 0 Å². The number of hydrogen-bond acceptors (Lipinski definition) is 7. The molecule has 1 aromatic heterocycles. The van der Waals surface area contributed by atoms with Crippen LogP contribution in [-0.2, 0) is 14.4 Å². The molecule has 4 N–H and O–H groups in total. The number of carbonyl (C=O) groups is 4. The molecule has 0 radical (unpaired) electrons. The number of aldehydes is 1. The van der Waals surface area contributed by atoms with Gasteiger partial charge in [-0.15, -0.1) is 0 Å². The molecule has 0 aliphatic rings. The summed E-state index contributed by atoms with van der Waals surface area (Å²) in [5.74, 6) is -2.22. The molecule has 1 aromatic rings. The summed E-state index contributed by atoms with van der Waals surface area (Å²) in [6, 6.07) is -1.92. The molecule has 2 amide bonds. The van der Waals surface area contributed by atoms with Crippen molar-refractivity contribution in [3.05, 3.63) is 11.1 Å². The van der Waals surface area contributed by atoms with E-state index in [1.54, 1.807) is 0 Å². The topological polar surface area (TPSA) is 137 Å². The van der Waals surface area contributed by atoms with Crippen molar-refractivity contribution < 1.29 is 24.3 Å². The van der Waals surface area contributed by atoms with E-state index in [2.05, 4.69) is 20.9 Å². The zero-order chi connectivity index (χ0) is 16.7. The maximum Gasteiger partial charge on any atom is 0.325 e. The molecule has 0 aliphatic heterocycles. The van der Waals surface area contributed by atoms with Crippen LogP contribution in [0.3, 0.4) is 0 Å². The van der Waals surface area contributed by atoms with Gasteiger partial charge in [-0.25, -0.2) is 4.98 Å². The van der Waals surface area contributed by atoms with Crippen LogP contribution in [0.25, 0.3) is 0 Å². The van der Waals surface area contributed by atoms with Crippen LogP contribution in [0.4, 0.5) is 5.13 Å².